The number of benzene rings is 2. The molecule has 0 saturated carbocycles. The zero-order chi connectivity index (χ0) is 15.9. The van der Waals surface area contributed by atoms with E-state index in [-0.39, 0.29) is 0 Å². The molecule has 0 aliphatic heterocycles. The van der Waals surface area contributed by atoms with E-state index >= 15 is 0 Å². The van der Waals surface area contributed by atoms with Gasteiger partial charge in [0, 0.05) is 22.3 Å². The summed E-state index contributed by atoms with van der Waals surface area (Å²) >= 11 is 17.3. The van der Waals surface area contributed by atoms with Crippen LogP contribution >= 0.6 is 35.4 Å². The van der Waals surface area contributed by atoms with Crippen LogP contribution in [0.15, 0.2) is 42.5 Å². The van der Waals surface area contributed by atoms with Crippen molar-refractivity contribution in [2.75, 3.05) is 11.9 Å². The van der Waals surface area contributed by atoms with E-state index in [1.807, 2.05) is 24.3 Å². The lowest BCUT2D eigenvalue weighted by molar-refractivity contribution is 0.873. The number of thiocarbonyl (C=S) groups is 1. The molecule has 2 N–H and O–H groups in total. The standard InChI is InChI=1S/C17H18Cl2N2S/c1-2-12-3-7-15(8-4-12)21-17(22)20-10-9-13-5-6-14(18)11-16(13)19/h3-8,11H,2,9-10H2,1H3,(H2,20,21,22). The first-order chi connectivity index (χ1) is 10.6. The van der Waals surface area contributed by atoms with Gasteiger partial charge in [0.15, 0.2) is 5.11 Å². The molecule has 0 aliphatic rings. The molecular weight excluding hydrogens is 335 g/mol. The van der Waals surface area contributed by atoms with Crippen molar-refractivity contribution >= 4 is 46.2 Å². The highest BCUT2D eigenvalue weighted by Crippen LogP contribution is 2.21. The molecule has 0 amide bonds. The number of hydrogen-bond donors (Lipinski definition) is 2. The lowest BCUT2D eigenvalue weighted by atomic mass is 10.1. The first kappa shape index (κ1) is 17.1. The summed E-state index contributed by atoms with van der Waals surface area (Å²) in [7, 11) is 0. The molecular formula is C17H18Cl2N2S. The molecule has 0 radical (unpaired) electrons. The van der Waals surface area contributed by atoms with Crippen LogP contribution in [0.1, 0.15) is 18.1 Å². The van der Waals surface area contributed by atoms with E-state index in [2.05, 4.69) is 29.7 Å². The van der Waals surface area contributed by atoms with E-state index < -0.39 is 0 Å². The lowest BCUT2D eigenvalue weighted by Gasteiger charge is -2.11. The summed E-state index contributed by atoms with van der Waals surface area (Å²) in [5.41, 5.74) is 3.34. The monoisotopic (exact) mass is 352 g/mol. The third-order valence-corrected chi connectivity index (χ3v) is 4.15. The van der Waals surface area contributed by atoms with Crippen molar-refractivity contribution in [3.63, 3.8) is 0 Å². The fourth-order valence-corrected chi connectivity index (χ4v) is 2.76. The van der Waals surface area contributed by atoms with Crippen molar-refractivity contribution in [2.24, 2.45) is 0 Å². The predicted octanol–water partition coefficient (Wildman–Crippen LogP) is 5.08. The number of anilines is 1. The van der Waals surface area contributed by atoms with Crippen molar-refractivity contribution in [3.8, 4) is 0 Å². The summed E-state index contributed by atoms with van der Waals surface area (Å²) in [6.45, 7) is 2.84. The maximum Gasteiger partial charge on any atom is 0.170 e. The van der Waals surface area contributed by atoms with Crippen LogP contribution < -0.4 is 10.6 Å². The van der Waals surface area contributed by atoms with E-state index in [9.17, 15) is 0 Å². The minimum Gasteiger partial charge on any atom is -0.362 e. The van der Waals surface area contributed by atoms with Gasteiger partial charge in [-0.2, -0.15) is 0 Å². The summed E-state index contributed by atoms with van der Waals surface area (Å²) in [6, 6.07) is 13.8. The Morgan fingerprint density at radius 2 is 1.82 bits per heavy atom. The Kier molecular flexibility index (Phi) is 6.49. The van der Waals surface area contributed by atoms with E-state index in [4.69, 9.17) is 35.4 Å². The molecule has 2 rings (SSSR count). The molecule has 0 spiro atoms. The second kappa shape index (κ2) is 8.37. The van der Waals surface area contributed by atoms with Gasteiger partial charge in [0.25, 0.3) is 0 Å². The average Bonchev–Trinajstić information content (AvgIpc) is 2.50. The van der Waals surface area contributed by atoms with Crippen LogP contribution in [-0.2, 0) is 12.8 Å². The minimum atomic E-state index is 0.606. The molecule has 5 heteroatoms. The van der Waals surface area contributed by atoms with Gasteiger partial charge in [0.1, 0.15) is 0 Å². The molecule has 116 valence electrons. The van der Waals surface area contributed by atoms with Crippen LogP contribution in [0.5, 0.6) is 0 Å². The van der Waals surface area contributed by atoms with Gasteiger partial charge in [0.2, 0.25) is 0 Å². The Bertz CT molecular complexity index is 642. The van der Waals surface area contributed by atoms with Crippen LogP contribution in [0.3, 0.4) is 0 Å². The second-order valence-electron chi connectivity index (χ2n) is 4.92. The van der Waals surface area contributed by atoms with Crippen LogP contribution in [-0.4, -0.2) is 11.7 Å². The Hall–Kier alpha value is -1.29. The molecule has 0 atom stereocenters. The first-order valence-corrected chi connectivity index (χ1v) is 8.32. The largest absolute Gasteiger partial charge is 0.362 e. The quantitative estimate of drug-likeness (QED) is 0.733. The summed E-state index contributed by atoms with van der Waals surface area (Å²) in [5.74, 6) is 0. The summed E-state index contributed by atoms with van der Waals surface area (Å²) in [6.07, 6.45) is 1.82. The van der Waals surface area contributed by atoms with Crippen molar-refractivity contribution in [1.82, 2.24) is 5.32 Å². The zero-order valence-corrected chi connectivity index (χ0v) is 14.7. The van der Waals surface area contributed by atoms with Crippen molar-refractivity contribution in [3.05, 3.63) is 63.6 Å². The Morgan fingerprint density at radius 3 is 2.45 bits per heavy atom. The lowest BCUT2D eigenvalue weighted by Crippen LogP contribution is -2.30. The predicted molar refractivity (Wildman–Crippen MR) is 100 cm³/mol. The summed E-state index contributed by atoms with van der Waals surface area (Å²) < 4.78 is 0. The number of hydrogen-bond acceptors (Lipinski definition) is 1. The van der Waals surface area contributed by atoms with Gasteiger partial charge >= 0.3 is 0 Å². The summed E-state index contributed by atoms with van der Waals surface area (Å²) in [4.78, 5) is 0. The van der Waals surface area contributed by atoms with Gasteiger partial charge in [-0.25, -0.2) is 0 Å². The topological polar surface area (TPSA) is 24.1 Å². The SMILES string of the molecule is CCc1ccc(NC(=S)NCCc2ccc(Cl)cc2Cl)cc1. The molecule has 0 saturated heterocycles. The molecule has 0 unspecified atom stereocenters. The highest BCUT2D eigenvalue weighted by atomic mass is 35.5. The van der Waals surface area contributed by atoms with Gasteiger partial charge in [-0.1, -0.05) is 48.3 Å². The molecule has 0 fully saturated rings. The van der Waals surface area contributed by atoms with Crippen molar-refractivity contribution < 1.29 is 0 Å². The molecule has 0 aromatic heterocycles. The molecule has 2 aromatic carbocycles. The Labute approximate surface area is 146 Å². The van der Waals surface area contributed by atoms with Crippen LogP contribution in [0.2, 0.25) is 10.0 Å². The van der Waals surface area contributed by atoms with Crippen molar-refractivity contribution in [1.29, 1.82) is 0 Å². The van der Waals surface area contributed by atoms with Gasteiger partial charge in [0.05, 0.1) is 0 Å². The van der Waals surface area contributed by atoms with E-state index in [0.29, 0.717) is 21.7 Å². The molecule has 2 nitrogen and oxygen atoms in total. The minimum absolute atomic E-state index is 0.606. The normalized spacial score (nSPS) is 10.3. The Balaban J connectivity index is 1.79. The van der Waals surface area contributed by atoms with E-state index in [1.54, 1.807) is 6.07 Å². The van der Waals surface area contributed by atoms with Gasteiger partial charge < -0.3 is 10.6 Å². The number of nitrogens with one attached hydrogen (secondary N) is 2. The average molecular weight is 353 g/mol. The molecule has 2 aromatic rings. The fraction of sp³-hybridized carbons (Fsp3) is 0.235. The van der Waals surface area contributed by atoms with E-state index in [1.165, 1.54) is 5.56 Å². The molecule has 0 aliphatic carbocycles. The van der Waals surface area contributed by atoms with Gasteiger partial charge in [-0.3, -0.25) is 0 Å². The van der Waals surface area contributed by atoms with Crippen LogP contribution in [0, 0.1) is 0 Å². The second-order valence-corrected chi connectivity index (χ2v) is 6.17. The fourth-order valence-electron chi connectivity index (χ4n) is 2.03. The van der Waals surface area contributed by atoms with Crippen LogP contribution in [0.4, 0.5) is 5.69 Å². The third kappa shape index (κ3) is 5.16. The van der Waals surface area contributed by atoms with Crippen LogP contribution in [0.25, 0.3) is 0 Å². The molecule has 22 heavy (non-hydrogen) atoms. The summed E-state index contributed by atoms with van der Waals surface area (Å²) in [5, 5.41) is 8.29. The highest BCUT2D eigenvalue weighted by molar-refractivity contribution is 7.80. The smallest absolute Gasteiger partial charge is 0.170 e. The molecule has 0 heterocycles. The maximum absolute atomic E-state index is 6.14. The van der Waals surface area contributed by atoms with E-state index in [0.717, 1.165) is 24.1 Å². The zero-order valence-electron chi connectivity index (χ0n) is 12.3. The number of aryl methyl sites for hydroxylation is 1. The molecule has 0 bridgehead atoms. The Morgan fingerprint density at radius 1 is 1.09 bits per heavy atom. The van der Waals surface area contributed by atoms with Crippen molar-refractivity contribution in [2.45, 2.75) is 19.8 Å². The van der Waals surface area contributed by atoms with Gasteiger partial charge in [-0.05, 0) is 60.5 Å². The van der Waals surface area contributed by atoms with Gasteiger partial charge in [-0.15, -0.1) is 0 Å². The third-order valence-electron chi connectivity index (χ3n) is 3.32. The highest BCUT2D eigenvalue weighted by Gasteiger charge is 2.02. The maximum atomic E-state index is 6.14. The first-order valence-electron chi connectivity index (χ1n) is 7.16. The number of halogens is 2. The number of rotatable bonds is 5.